The van der Waals surface area contributed by atoms with E-state index in [0.29, 0.717) is 16.5 Å². The number of amides is 1. The standard InChI is InChI=1S/C14H11FN4OS2/c1-8-16-11(7-21-8)6-12(20)17-14-18-13(19-22-14)9-2-4-10(15)5-3-9/h2-5,7H,6H2,1H3,(H,17,18,19,20). The molecule has 0 unspecified atom stereocenters. The maximum Gasteiger partial charge on any atom is 0.232 e. The Morgan fingerprint density at radius 1 is 1.27 bits per heavy atom. The predicted molar refractivity (Wildman–Crippen MR) is 84.5 cm³/mol. The van der Waals surface area contributed by atoms with Crippen molar-refractivity contribution in [1.82, 2.24) is 14.3 Å². The van der Waals surface area contributed by atoms with Gasteiger partial charge in [0, 0.05) is 22.5 Å². The molecule has 0 saturated carbocycles. The van der Waals surface area contributed by atoms with Gasteiger partial charge in [-0.05, 0) is 31.2 Å². The smallest absolute Gasteiger partial charge is 0.232 e. The summed E-state index contributed by atoms with van der Waals surface area (Å²) in [7, 11) is 0. The van der Waals surface area contributed by atoms with Crippen molar-refractivity contribution in [2.45, 2.75) is 13.3 Å². The maximum absolute atomic E-state index is 12.9. The molecule has 112 valence electrons. The lowest BCUT2D eigenvalue weighted by molar-refractivity contribution is -0.115. The second-order valence-electron chi connectivity index (χ2n) is 4.51. The molecule has 2 aromatic heterocycles. The molecule has 3 aromatic rings. The summed E-state index contributed by atoms with van der Waals surface area (Å²) >= 11 is 2.60. The van der Waals surface area contributed by atoms with E-state index in [2.05, 4.69) is 19.7 Å². The van der Waals surface area contributed by atoms with E-state index in [-0.39, 0.29) is 18.1 Å². The number of benzene rings is 1. The number of aromatic nitrogens is 3. The van der Waals surface area contributed by atoms with E-state index in [1.165, 1.54) is 23.5 Å². The number of halogens is 1. The minimum atomic E-state index is -0.314. The number of rotatable bonds is 4. The first-order chi connectivity index (χ1) is 10.6. The minimum Gasteiger partial charge on any atom is -0.300 e. The van der Waals surface area contributed by atoms with Crippen molar-refractivity contribution in [1.29, 1.82) is 0 Å². The number of anilines is 1. The minimum absolute atomic E-state index is 0.188. The Bertz CT molecular complexity index is 797. The van der Waals surface area contributed by atoms with Crippen LogP contribution in [0.3, 0.4) is 0 Å². The number of hydrogen-bond donors (Lipinski definition) is 1. The zero-order valence-electron chi connectivity index (χ0n) is 11.5. The Morgan fingerprint density at radius 2 is 2.05 bits per heavy atom. The molecule has 2 heterocycles. The zero-order valence-corrected chi connectivity index (χ0v) is 13.2. The summed E-state index contributed by atoms with van der Waals surface area (Å²) < 4.78 is 17.0. The number of nitrogens with zero attached hydrogens (tertiary/aromatic N) is 3. The van der Waals surface area contributed by atoms with E-state index in [0.717, 1.165) is 22.2 Å². The number of carbonyl (C=O) groups is 1. The molecule has 0 spiro atoms. The highest BCUT2D eigenvalue weighted by Crippen LogP contribution is 2.21. The van der Waals surface area contributed by atoms with Crippen LogP contribution in [0.4, 0.5) is 9.52 Å². The average Bonchev–Trinajstić information content (AvgIpc) is 3.09. The normalized spacial score (nSPS) is 10.6. The van der Waals surface area contributed by atoms with Gasteiger partial charge >= 0.3 is 0 Å². The van der Waals surface area contributed by atoms with Gasteiger partial charge in [0.25, 0.3) is 0 Å². The van der Waals surface area contributed by atoms with Gasteiger partial charge in [-0.1, -0.05) is 0 Å². The number of hydrogen-bond acceptors (Lipinski definition) is 6. The average molecular weight is 334 g/mol. The van der Waals surface area contributed by atoms with Crippen LogP contribution >= 0.6 is 22.9 Å². The van der Waals surface area contributed by atoms with Crippen LogP contribution in [-0.4, -0.2) is 20.2 Å². The van der Waals surface area contributed by atoms with E-state index in [9.17, 15) is 9.18 Å². The van der Waals surface area contributed by atoms with Gasteiger partial charge in [-0.15, -0.1) is 11.3 Å². The first kappa shape index (κ1) is 14.7. The molecule has 5 nitrogen and oxygen atoms in total. The van der Waals surface area contributed by atoms with E-state index in [1.807, 2.05) is 12.3 Å². The second-order valence-corrected chi connectivity index (χ2v) is 6.33. The number of nitrogens with one attached hydrogen (secondary N) is 1. The number of carbonyl (C=O) groups excluding carboxylic acids is 1. The van der Waals surface area contributed by atoms with E-state index >= 15 is 0 Å². The zero-order chi connectivity index (χ0) is 15.5. The van der Waals surface area contributed by atoms with Crippen molar-refractivity contribution in [2.75, 3.05) is 5.32 Å². The molecule has 0 saturated heterocycles. The summed E-state index contributed by atoms with van der Waals surface area (Å²) in [5.74, 6) is -0.0389. The maximum atomic E-state index is 12.9. The van der Waals surface area contributed by atoms with Crippen LogP contribution in [0.5, 0.6) is 0 Å². The molecule has 1 amide bonds. The lowest BCUT2D eigenvalue weighted by atomic mass is 10.2. The van der Waals surface area contributed by atoms with Crippen molar-refractivity contribution < 1.29 is 9.18 Å². The highest BCUT2D eigenvalue weighted by molar-refractivity contribution is 7.10. The van der Waals surface area contributed by atoms with E-state index in [1.54, 1.807) is 12.1 Å². The molecule has 1 N–H and O–H groups in total. The molecule has 0 bridgehead atoms. The van der Waals surface area contributed by atoms with Crippen molar-refractivity contribution in [3.63, 3.8) is 0 Å². The molecule has 22 heavy (non-hydrogen) atoms. The predicted octanol–water partition coefficient (Wildman–Crippen LogP) is 3.29. The van der Waals surface area contributed by atoms with Crippen LogP contribution in [0.15, 0.2) is 29.6 Å². The fourth-order valence-electron chi connectivity index (χ4n) is 1.81. The van der Waals surface area contributed by atoms with Gasteiger partial charge in [0.05, 0.1) is 17.1 Å². The fraction of sp³-hybridized carbons (Fsp3) is 0.143. The van der Waals surface area contributed by atoms with Gasteiger partial charge in [-0.2, -0.15) is 9.36 Å². The van der Waals surface area contributed by atoms with Crippen molar-refractivity contribution in [2.24, 2.45) is 0 Å². The SMILES string of the molecule is Cc1nc(CC(=O)Nc2nc(-c3ccc(F)cc3)ns2)cs1. The first-order valence-electron chi connectivity index (χ1n) is 6.40. The van der Waals surface area contributed by atoms with Crippen molar-refractivity contribution in [3.05, 3.63) is 46.2 Å². The molecule has 0 aliphatic rings. The Balaban J connectivity index is 1.66. The van der Waals surface area contributed by atoms with Gasteiger partial charge in [0.1, 0.15) is 5.82 Å². The Hall–Kier alpha value is -2.19. The lowest BCUT2D eigenvalue weighted by Gasteiger charge is -1.98. The first-order valence-corrected chi connectivity index (χ1v) is 8.06. The molecule has 1 aromatic carbocycles. The van der Waals surface area contributed by atoms with Crippen LogP contribution in [0, 0.1) is 12.7 Å². The largest absolute Gasteiger partial charge is 0.300 e. The van der Waals surface area contributed by atoms with Gasteiger partial charge in [0.15, 0.2) is 5.82 Å². The third-order valence-corrected chi connectivity index (χ3v) is 4.24. The van der Waals surface area contributed by atoms with Crippen molar-refractivity contribution in [3.8, 4) is 11.4 Å². The Kier molecular flexibility index (Phi) is 4.21. The van der Waals surface area contributed by atoms with Crippen LogP contribution in [0.2, 0.25) is 0 Å². The fourth-order valence-corrected chi connectivity index (χ4v) is 3.03. The van der Waals surface area contributed by atoms with Crippen LogP contribution in [-0.2, 0) is 11.2 Å². The number of aryl methyl sites for hydroxylation is 1. The molecule has 0 aliphatic carbocycles. The Labute approximate surface area is 134 Å². The summed E-state index contributed by atoms with van der Waals surface area (Å²) in [5.41, 5.74) is 1.44. The summed E-state index contributed by atoms with van der Waals surface area (Å²) in [4.78, 5) is 20.4. The molecular weight excluding hydrogens is 323 g/mol. The highest BCUT2D eigenvalue weighted by atomic mass is 32.1. The summed E-state index contributed by atoms with van der Waals surface area (Å²) in [6.45, 7) is 1.89. The van der Waals surface area contributed by atoms with Gasteiger partial charge in [-0.3, -0.25) is 4.79 Å². The Morgan fingerprint density at radius 3 is 2.73 bits per heavy atom. The van der Waals surface area contributed by atoms with Gasteiger partial charge in [-0.25, -0.2) is 9.37 Å². The van der Waals surface area contributed by atoms with Crippen LogP contribution in [0.25, 0.3) is 11.4 Å². The summed E-state index contributed by atoms with van der Waals surface area (Å²) in [6.07, 6.45) is 0.204. The van der Waals surface area contributed by atoms with Crippen LogP contribution in [0.1, 0.15) is 10.7 Å². The molecule has 0 radical (unpaired) electrons. The van der Waals surface area contributed by atoms with Gasteiger partial charge in [0.2, 0.25) is 11.0 Å². The monoisotopic (exact) mass is 334 g/mol. The second kappa shape index (κ2) is 6.29. The third kappa shape index (κ3) is 3.52. The lowest BCUT2D eigenvalue weighted by Crippen LogP contribution is -2.14. The molecule has 0 fully saturated rings. The highest BCUT2D eigenvalue weighted by Gasteiger charge is 2.11. The third-order valence-electron chi connectivity index (χ3n) is 2.78. The van der Waals surface area contributed by atoms with Crippen molar-refractivity contribution >= 4 is 33.9 Å². The number of thiazole rings is 1. The quantitative estimate of drug-likeness (QED) is 0.795. The summed E-state index contributed by atoms with van der Waals surface area (Å²) in [6, 6.07) is 5.89. The van der Waals surface area contributed by atoms with E-state index < -0.39 is 0 Å². The van der Waals surface area contributed by atoms with E-state index in [4.69, 9.17) is 0 Å². The topological polar surface area (TPSA) is 67.8 Å². The molecule has 8 heteroatoms. The van der Waals surface area contributed by atoms with Gasteiger partial charge < -0.3 is 5.32 Å². The van der Waals surface area contributed by atoms with Crippen LogP contribution < -0.4 is 5.32 Å². The summed E-state index contributed by atoms with van der Waals surface area (Å²) in [5, 5.41) is 5.90. The molecule has 0 atom stereocenters. The molecule has 3 rings (SSSR count). The molecular formula is C14H11FN4OS2. The molecule has 0 aliphatic heterocycles.